The van der Waals surface area contributed by atoms with E-state index >= 15 is 0 Å². The Hall–Kier alpha value is -2.37. The summed E-state index contributed by atoms with van der Waals surface area (Å²) in [7, 11) is 0. The first kappa shape index (κ1) is 14.0. The van der Waals surface area contributed by atoms with Gasteiger partial charge in [-0.3, -0.25) is 0 Å². The van der Waals surface area contributed by atoms with Gasteiger partial charge in [-0.1, -0.05) is 6.07 Å². The van der Waals surface area contributed by atoms with Gasteiger partial charge in [-0.25, -0.2) is 0 Å². The molecule has 0 bridgehead atoms. The van der Waals surface area contributed by atoms with Gasteiger partial charge in [-0.05, 0) is 42.8 Å². The number of hydrogen-bond donors (Lipinski definition) is 3. The molecule has 106 valence electrons. The van der Waals surface area contributed by atoms with E-state index < -0.39 is 11.7 Å². The lowest BCUT2D eigenvalue weighted by atomic mass is 10.1. The Kier molecular flexibility index (Phi) is 3.48. The van der Waals surface area contributed by atoms with Crippen LogP contribution >= 0.6 is 0 Å². The molecule has 0 atom stereocenters. The molecule has 6 heteroatoms. The van der Waals surface area contributed by atoms with Gasteiger partial charge in [-0.15, -0.1) is 0 Å². The van der Waals surface area contributed by atoms with Crippen molar-refractivity contribution in [2.45, 2.75) is 13.1 Å². The lowest BCUT2D eigenvalue weighted by Gasteiger charge is -2.14. The third kappa shape index (κ3) is 2.96. The molecular formula is C14H14F3N3. The van der Waals surface area contributed by atoms with E-state index in [1.165, 1.54) is 13.0 Å². The van der Waals surface area contributed by atoms with Crippen LogP contribution in [0, 0.1) is 6.92 Å². The van der Waals surface area contributed by atoms with Gasteiger partial charge in [0.1, 0.15) is 0 Å². The van der Waals surface area contributed by atoms with Crippen molar-refractivity contribution in [3.8, 4) is 0 Å². The van der Waals surface area contributed by atoms with E-state index in [1.807, 2.05) is 0 Å². The summed E-state index contributed by atoms with van der Waals surface area (Å²) in [4.78, 5) is 0. The molecule has 0 saturated heterocycles. The van der Waals surface area contributed by atoms with Crippen molar-refractivity contribution in [1.82, 2.24) is 0 Å². The highest BCUT2D eigenvalue weighted by atomic mass is 19.4. The molecule has 0 aromatic heterocycles. The van der Waals surface area contributed by atoms with Crippen LogP contribution in [0.3, 0.4) is 0 Å². The second-order valence-corrected chi connectivity index (χ2v) is 4.50. The zero-order chi connectivity index (χ0) is 14.9. The average Bonchev–Trinajstić information content (AvgIpc) is 2.35. The quantitative estimate of drug-likeness (QED) is 0.731. The maximum atomic E-state index is 12.8. The highest BCUT2D eigenvalue weighted by Crippen LogP contribution is 2.34. The summed E-state index contributed by atoms with van der Waals surface area (Å²) in [6.07, 6.45) is -4.37. The molecule has 0 amide bonds. The normalized spacial score (nSPS) is 11.4. The predicted molar refractivity (Wildman–Crippen MR) is 74.7 cm³/mol. The number of hydrogen-bond acceptors (Lipinski definition) is 3. The van der Waals surface area contributed by atoms with Crippen LogP contribution in [0.2, 0.25) is 0 Å². The molecule has 3 nitrogen and oxygen atoms in total. The van der Waals surface area contributed by atoms with Crippen molar-refractivity contribution in [2.24, 2.45) is 0 Å². The fourth-order valence-electron chi connectivity index (χ4n) is 1.82. The molecule has 0 aliphatic heterocycles. The Balaban J connectivity index is 2.32. The summed E-state index contributed by atoms with van der Waals surface area (Å²) in [5, 5.41) is 2.88. The number of nitrogens with two attached hydrogens (primary N) is 2. The average molecular weight is 281 g/mol. The smallest absolute Gasteiger partial charge is 0.397 e. The fourth-order valence-corrected chi connectivity index (χ4v) is 1.82. The van der Waals surface area contributed by atoms with Gasteiger partial charge in [0, 0.05) is 11.4 Å². The number of halogens is 3. The SMILES string of the molecule is Cc1ccc(Nc2ccc(N)c(N)c2)cc1C(F)(F)F. The molecule has 0 spiro atoms. The molecule has 2 aromatic rings. The van der Waals surface area contributed by atoms with Crippen molar-refractivity contribution in [2.75, 3.05) is 16.8 Å². The maximum absolute atomic E-state index is 12.8. The van der Waals surface area contributed by atoms with Crippen LogP contribution < -0.4 is 16.8 Å². The number of nitrogens with one attached hydrogen (secondary N) is 1. The van der Waals surface area contributed by atoms with Crippen LogP contribution in [0.5, 0.6) is 0 Å². The Bertz CT molecular complexity index is 636. The van der Waals surface area contributed by atoms with Gasteiger partial charge in [0.15, 0.2) is 0 Å². The number of anilines is 4. The van der Waals surface area contributed by atoms with Crippen molar-refractivity contribution < 1.29 is 13.2 Å². The van der Waals surface area contributed by atoms with Gasteiger partial charge < -0.3 is 16.8 Å². The highest BCUT2D eigenvalue weighted by Gasteiger charge is 2.32. The van der Waals surface area contributed by atoms with Crippen molar-refractivity contribution in [3.05, 3.63) is 47.5 Å². The standard InChI is InChI=1S/C14H14F3N3/c1-8-2-3-9(6-11(8)14(15,16)17)20-10-4-5-12(18)13(19)7-10/h2-7,20H,18-19H2,1H3. The molecule has 2 aromatic carbocycles. The van der Waals surface area contributed by atoms with Crippen LogP contribution in [-0.2, 0) is 6.18 Å². The fraction of sp³-hybridized carbons (Fsp3) is 0.143. The second kappa shape index (κ2) is 4.96. The monoisotopic (exact) mass is 281 g/mol. The first-order chi connectivity index (χ1) is 9.27. The molecule has 2 rings (SSSR count). The summed E-state index contributed by atoms with van der Waals surface area (Å²) in [5.74, 6) is 0. The second-order valence-electron chi connectivity index (χ2n) is 4.50. The summed E-state index contributed by atoms with van der Waals surface area (Å²) in [5.41, 5.74) is 12.5. The summed E-state index contributed by atoms with van der Waals surface area (Å²) in [6.45, 7) is 1.42. The Morgan fingerprint density at radius 2 is 1.50 bits per heavy atom. The Labute approximate surface area is 114 Å². The molecule has 0 saturated carbocycles. The molecule has 5 N–H and O–H groups in total. The molecule has 0 aliphatic carbocycles. The lowest BCUT2D eigenvalue weighted by Crippen LogP contribution is -2.08. The van der Waals surface area contributed by atoms with Gasteiger partial charge in [0.05, 0.1) is 16.9 Å². The number of rotatable bonds is 2. The molecule has 0 aliphatic rings. The molecule has 0 fully saturated rings. The van der Waals surface area contributed by atoms with Crippen LogP contribution in [0.15, 0.2) is 36.4 Å². The highest BCUT2D eigenvalue weighted by molar-refractivity contribution is 5.72. The van der Waals surface area contributed by atoms with E-state index in [-0.39, 0.29) is 5.56 Å². The van der Waals surface area contributed by atoms with Crippen molar-refractivity contribution in [3.63, 3.8) is 0 Å². The zero-order valence-corrected chi connectivity index (χ0v) is 10.8. The predicted octanol–water partition coefficient (Wildman–Crippen LogP) is 3.92. The number of nitrogen functional groups attached to an aromatic ring is 2. The number of benzene rings is 2. The van der Waals surface area contributed by atoms with E-state index in [4.69, 9.17) is 11.5 Å². The van der Waals surface area contributed by atoms with Gasteiger partial charge in [-0.2, -0.15) is 13.2 Å². The van der Waals surface area contributed by atoms with E-state index in [2.05, 4.69) is 5.32 Å². The van der Waals surface area contributed by atoms with Gasteiger partial charge >= 0.3 is 6.18 Å². The Morgan fingerprint density at radius 3 is 2.10 bits per heavy atom. The maximum Gasteiger partial charge on any atom is 0.416 e. The molecule has 0 unspecified atom stereocenters. The minimum atomic E-state index is -4.37. The number of aryl methyl sites for hydroxylation is 1. The minimum Gasteiger partial charge on any atom is -0.397 e. The topological polar surface area (TPSA) is 64.1 Å². The van der Waals surface area contributed by atoms with Crippen LogP contribution in [-0.4, -0.2) is 0 Å². The van der Waals surface area contributed by atoms with Crippen LogP contribution in [0.25, 0.3) is 0 Å². The van der Waals surface area contributed by atoms with E-state index in [1.54, 1.807) is 24.3 Å². The van der Waals surface area contributed by atoms with Crippen LogP contribution in [0.4, 0.5) is 35.9 Å². The van der Waals surface area contributed by atoms with Crippen LogP contribution in [0.1, 0.15) is 11.1 Å². The van der Waals surface area contributed by atoms with E-state index in [9.17, 15) is 13.2 Å². The first-order valence-corrected chi connectivity index (χ1v) is 5.87. The van der Waals surface area contributed by atoms with E-state index in [0.717, 1.165) is 6.07 Å². The molecule has 0 radical (unpaired) electrons. The summed E-state index contributed by atoms with van der Waals surface area (Å²) in [6, 6.07) is 8.89. The van der Waals surface area contributed by atoms with Crippen molar-refractivity contribution in [1.29, 1.82) is 0 Å². The summed E-state index contributed by atoms with van der Waals surface area (Å²) >= 11 is 0. The van der Waals surface area contributed by atoms with Crippen molar-refractivity contribution >= 4 is 22.7 Å². The van der Waals surface area contributed by atoms with Gasteiger partial charge in [0.2, 0.25) is 0 Å². The Morgan fingerprint density at radius 1 is 0.900 bits per heavy atom. The third-order valence-corrected chi connectivity index (χ3v) is 2.92. The third-order valence-electron chi connectivity index (χ3n) is 2.92. The largest absolute Gasteiger partial charge is 0.416 e. The van der Waals surface area contributed by atoms with Gasteiger partial charge in [0.25, 0.3) is 0 Å². The summed E-state index contributed by atoms with van der Waals surface area (Å²) < 4.78 is 38.5. The first-order valence-electron chi connectivity index (χ1n) is 5.87. The molecular weight excluding hydrogens is 267 g/mol. The molecule has 20 heavy (non-hydrogen) atoms. The minimum absolute atomic E-state index is 0.180. The lowest BCUT2D eigenvalue weighted by molar-refractivity contribution is -0.138. The van der Waals surface area contributed by atoms with E-state index in [0.29, 0.717) is 22.7 Å². The zero-order valence-electron chi connectivity index (χ0n) is 10.8. The molecule has 0 heterocycles. The number of alkyl halides is 3.